The number of thioether (sulfide) groups is 1. The number of amides is 4. The first-order chi connectivity index (χ1) is 25.7. The van der Waals surface area contributed by atoms with Gasteiger partial charge >= 0.3 is 11.9 Å². The van der Waals surface area contributed by atoms with Gasteiger partial charge < -0.3 is 29.9 Å². The number of hydrogen-bond acceptors (Lipinski definition) is 9. The molecule has 2 aromatic rings. The monoisotopic (exact) mass is 748 g/mol. The predicted octanol–water partition coefficient (Wildman–Crippen LogP) is 3.66. The van der Waals surface area contributed by atoms with Crippen LogP contribution < -0.4 is 10.6 Å². The number of fused-ring (bicyclic) bond motifs is 1. The zero-order valence-electron chi connectivity index (χ0n) is 30.7. The summed E-state index contributed by atoms with van der Waals surface area (Å²) in [6, 6.07) is 17.0. The van der Waals surface area contributed by atoms with Gasteiger partial charge in [-0.1, -0.05) is 60.7 Å². The minimum absolute atomic E-state index is 0.146. The number of ether oxygens (including phenoxy) is 2. The highest BCUT2D eigenvalue weighted by Gasteiger charge is 2.44. The van der Waals surface area contributed by atoms with Gasteiger partial charge in [0.05, 0.1) is 19.6 Å². The van der Waals surface area contributed by atoms with Gasteiger partial charge in [-0.25, -0.2) is 4.79 Å². The molecule has 3 fully saturated rings. The van der Waals surface area contributed by atoms with E-state index in [0.29, 0.717) is 70.1 Å². The summed E-state index contributed by atoms with van der Waals surface area (Å²) in [4.78, 5) is 83.6. The summed E-state index contributed by atoms with van der Waals surface area (Å²) >= 11 is 1.63. The van der Waals surface area contributed by atoms with Gasteiger partial charge in [-0.2, -0.15) is 0 Å². The average Bonchev–Trinajstić information content (AvgIpc) is 3.45. The molecule has 3 aliphatic heterocycles. The smallest absolute Gasteiger partial charge is 0.328 e. The Balaban J connectivity index is 1.33. The van der Waals surface area contributed by atoms with E-state index < -0.39 is 41.9 Å². The Bertz CT molecular complexity index is 1580. The summed E-state index contributed by atoms with van der Waals surface area (Å²) in [6.07, 6.45) is 5.96. The highest BCUT2D eigenvalue weighted by molar-refractivity contribution is 7.99. The molecule has 4 amide bonds. The minimum atomic E-state index is -0.791. The lowest BCUT2D eigenvalue weighted by Crippen LogP contribution is -2.57. The van der Waals surface area contributed by atoms with Gasteiger partial charge in [0.2, 0.25) is 23.6 Å². The fraction of sp³-hybridized carbons (Fsp3) is 0.550. The standard InChI is InChI=1S/C40H52N4O8S/c1-51-35(45)26-43-22-10-9-16-31(38(43)48)41-36(46)29(24-27-12-5-3-6-13-27)19-20-30(25-28-14-7-4-8-15-28)37(47)42-32-21-23-53-34-18-11-17-33(40(50)52-2)44(34)39(32)49/h3-8,12-15,29-34H,9-11,16-26H2,1-2H3,(H,41,46)(H,42,47). The Morgan fingerprint density at radius 2 is 1.32 bits per heavy atom. The van der Waals surface area contributed by atoms with E-state index in [4.69, 9.17) is 9.47 Å². The van der Waals surface area contributed by atoms with Crippen molar-refractivity contribution in [1.29, 1.82) is 0 Å². The van der Waals surface area contributed by atoms with Crippen molar-refractivity contribution in [3.8, 4) is 0 Å². The van der Waals surface area contributed by atoms with Crippen molar-refractivity contribution >= 4 is 47.3 Å². The van der Waals surface area contributed by atoms with Gasteiger partial charge in [-0.15, -0.1) is 11.8 Å². The Kier molecular flexibility index (Phi) is 14.7. The first kappa shape index (κ1) is 39.8. The topological polar surface area (TPSA) is 151 Å². The van der Waals surface area contributed by atoms with Gasteiger partial charge in [-0.05, 0) is 87.5 Å². The third-order valence-electron chi connectivity index (χ3n) is 10.5. The second-order valence-corrected chi connectivity index (χ2v) is 15.4. The number of piperidine rings is 1. The van der Waals surface area contributed by atoms with Crippen LogP contribution in [0.3, 0.4) is 0 Å². The van der Waals surface area contributed by atoms with Crippen LogP contribution in [0.2, 0.25) is 0 Å². The molecule has 0 bridgehead atoms. The zero-order chi connectivity index (χ0) is 37.7. The molecule has 2 aromatic carbocycles. The number of nitrogens with one attached hydrogen (secondary N) is 2. The zero-order valence-corrected chi connectivity index (χ0v) is 31.5. The SMILES string of the molecule is COC(=O)CN1CCCCC(NC(=O)C(CCC(Cc2ccccc2)C(=O)NC2CCSC3CCCC(C(=O)OC)N3C2=O)Cc2ccccc2)C1=O. The second kappa shape index (κ2) is 19.6. The summed E-state index contributed by atoms with van der Waals surface area (Å²) in [7, 11) is 2.61. The van der Waals surface area contributed by atoms with Gasteiger partial charge in [-0.3, -0.25) is 24.0 Å². The summed E-state index contributed by atoms with van der Waals surface area (Å²) < 4.78 is 9.84. The summed E-state index contributed by atoms with van der Waals surface area (Å²) in [5, 5.41) is 5.92. The maximum absolute atomic E-state index is 14.2. The van der Waals surface area contributed by atoms with Crippen LogP contribution in [0.15, 0.2) is 60.7 Å². The molecule has 0 aromatic heterocycles. The van der Waals surface area contributed by atoms with Crippen LogP contribution in [-0.4, -0.2) is 102 Å². The van der Waals surface area contributed by atoms with Crippen LogP contribution in [0, 0.1) is 11.8 Å². The summed E-state index contributed by atoms with van der Waals surface area (Å²) in [5.74, 6) is -2.55. The van der Waals surface area contributed by atoms with Crippen LogP contribution in [0.4, 0.5) is 0 Å². The molecule has 53 heavy (non-hydrogen) atoms. The van der Waals surface area contributed by atoms with Crippen LogP contribution >= 0.6 is 11.8 Å². The van der Waals surface area contributed by atoms with E-state index in [-0.39, 0.29) is 35.5 Å². The summed E-state index contributed by atoms with van der Waals surface area (Å²) in [5.41, 5.74) is 1.91. The fourth-order valence-electron chi connectivity index (χ4n) is 7.60. The molecule has 13 heteroatoms. The maximum atomic E-state index is 14.2. The quantitative estimate of drug-likeness (QED) is 0.276. The van der Waals surface area contributed by atoms with E-state index in [1.807, 2.05) is 60.7 Å². The molecule has 3 aliphatic rings. The van der Waals surface area contributed by atoms with Gasteiger partial charge in [0.1, 0.15) is 24.7 Å². The highest BCUT2D eigenvalue weighted by Crippen LogP contribution is 2.35. The number of nitrogens with zero attached hydrogens (tertiary/aromatic N) is 2. The molecule has 6 atom stereocenters. The molecule has 2 N–H and O–H groups in total. The van der Waals surface area contributed by atoms with Crippen LogP contribution in [0.25, 0.3) is 0 Å². The van der Waals surface area contributed by atoms with E-state index in [2.05, 4.69) is 10.6 Å². The average molecular weight is 749 g/mol. The number of benzene rings is 2. The van der Waals surface area contributed by atoms with E-state index >= 15 is 0 Å². The second-order valence-electron chi connectivity index (χ2n) is 14.1. The third-order valence-corrected chi connectivity index (χ3v) is 11.9. The normalized spacial score (nSPS) is 23.1. The third kappa shape index (κ3) is 10.8. The number of likely N-dealkylation sites (tertiary alicyclic amines) is 1. The molecule has 3 heterocycles. The first-order valence-corrected chi connectivity index (χ1v) is 19.8. The van der Waals surface area contributed by atoms with E-state index in [9.17, 15) is 28.8 Å². The van der Waals surface area contributed by atoms with Crippen molar-refractivity contribution in [3.63, 3.8) is 0 Å². The highest BCUT2D eigenvalue weighted by atomic mass is 32.2. The van der Waals surface area contributed by atoms with Crippen molar-refractivity contribution < 1.29 is 38.2 Å². The maximum Gasteiger partial charge on any atom is 0.328 e. The molecule has 0 aliphatic carbocycles. The number of carbonyl (C=O) groups excluding carboxylic acids is 6. The van der Waals surface area contributed by atoms with E-state index in [1.165, 1.54) is 19.1 Å². The lowest BCUT2D eigenvalue weighted by atomic mass is 9.86. The minimum Gasteiger partial charge on any atom is -0.468 e. The molecule has 0 saturated carbocycles. The molecular formula is C40H52N4O8S. The molecular weight excluding hydrogens is 697 g/mol. The Hall–Kier alpha value is -4.39. The Morgan fingerprint density at radius 3 is 1.89 bits per heavy atom. The number of hydrogen-bond donors (Lipinski definition) is 2. The first-order valence-electron chi connectivity index (χ1n) is 18.7. The molecule has 5 rings (SSSR count). The van der Waals surface area contributed by atoms with E-state index in [1.54, 1.807) is 16.7 Å². The molecule has 0 radical (unpaired) electrons. The van der Waals surface area contributed by atoms with Crippen LogP contribution in [0.5, 0.6) is 0 Å². The molecule has 3 saturated heterocycles. The molecule has 0 spiro atoms. The lowest BCUT2D eigenvalue weighted by molar-refractivity contribution is -0.156. The Labute approximate surface area is 316 Å². The lowest BCUT2D eigenvalue weighted by Gasteiger charge is -2.40. The number of esters is 2. The number of rotatable bonds is 14. The van der Waals surface area contributed by atoms with Crippen molar-refractivity contribution in [3.05, 3.63) is 71.8 Å². The summed E-state index contributed by atoms with van der Waals surface area (Å²) in [6.45, 7) is 0.239. The van der Waals surface area contributed by atoms with Crippen LogP contribution in [-0.2, 0) is 51.1 Å². The Morgan fingerprint density at radius 1 is 0.736 bits per heavy atom. The van der Waals surface area contributed by atoms with Gasteiger partial charge in [0, 0.05) is 18.4 Å². The van der Waals surface area contributed by atoms with Gasteiger partial charge in [0.15, 0.2) is 0 Å². The fourth-order valence-corrected chi connectivity index (χ4v) is 8.99. The van der Waals surface area contributed by atoms with E-state index in [0.717, 1.165) is 24.0 Å². The molecule has 6 unspecified atom stereocenters. The number of carbonyl (C=O) groups is 6. The molecule has 12 nitrogen and oxygen atoms in total. The predicted molar refractivity (Wildman–Crippen MR) is 200 cm³/mol. The van der Waals surface area contributed by atoms with Crippen molar-refractivity contribution in [1.82, 2.24) is 20.4 Å². The largest absolute Gasteiger partial charge is 0.468 e. The number of methoxy groups -OCH3 is 2. The molecule has 286 valence electrons. The van der Waals surface area contributed by atoms with Gasteiger partial charge in [0.25, 0.3) is 0 Å². The van der Waals surface area contributed by atoms with Crippen LogP contribution in [0.1, 0.15) is 68.9 Å². The van der Waals surface area contributed by atoms with Crippen molar-refractivity contribution in [2.45, 2.75) is 94.1 Å². The van der Waals surface area contributed by atoms with Crippen molar-refractivity contribution in [2.24, 2.45) is 11.8 Å². The van der Waals surface area contributed by atoms with Crippen molar-refractivity contribution in [2.75, 3.05) is 33.1 Å².